The lowest BCUT2D eigenvalue weighted by Gasteiger charge is -2.32. The van der Waals surface area contributed by atoms with E-state index >= 15 is 0 Å². The summed E-state index contributed by atoms with van der Waals surface area (Å²) in [6, 6.07) is 6.88. The van der Waals surface area contributed by atoms with Crippen molar-refractivity contribution in [3.05, 3.63) is 28.7 Å². The Morgan fingerprint density at radius 3 is 2.71 bits per heavy atom. The Hall–Kier alpha value is -0.430. The van der Waals surface area contributed by atoms with Crippen LogP contribution in [0.3, 0.4) is 0 Å². The van der Waals surface area contributed by atoms with Gasteiger partial charge in [0.05, 0.1) is 10.6 Å². The minimum atomic E-state index is -3.18. The molecule has 118 valence electrons. The first-order valence-electron chi connectivity index (χ1n) is 7.36. The lowest BCUT2D eigenvalue weighted by atomic mass is 9.98. The fourth-order valence-corrected chi connectivity index (χ4v) is 4.37. The predicted octanol–water partition coefficient (Wildman–Crippen LogP) is 2.15. The molecule has 1 aromatic carbocycles. The highest BCUT2D eigenvalue weighted by Crippen LogP contribution is 2.18. The molecule has 6 heteroatoms. The van der Waals surface area contributed by atoms with Crippen LogP contribution in [-0.2, 0) is 9.84 Å². The normalized spacial score (nSPS) is 20.6. The minimum absolute atomic E-state index is 0.195. The van der Waals surface area contributed by atoms with Crippen LogP contribution in [0.4, 0.5) is 0 Å². The number of likely N-dealkylation sites (tertiary alicyclic amines) is 1. The van der Waals surface area contributed by atoms with Gasteiger partial charge in [-0.2, -0.15) is 0 Å². The van der Waals surface area contributed by atoms with Crippen LogP contribution in [0, 0.1) is 5.92 Å². The molecule has 1 saturated heterocycles. The van der Waals surface area contributed by atoms with Crippen molar-refractivity contribution in [1.29, 1.82) is 0 Å². The molecule has 1 N–H and O–H groups in total. The van der Waals surface area contributed by atoms with Crippen LogP contribution in [0.5, 0.6) is 0 Å². The summed E-state index contributed by atoms with van der Waals surface area (Å²) in [6.45, 7) is 3.64. The predicted molar refractivity (Wildman–Crippen MR) is 89.3 cm³/mol. The number of rotatable bonds is 6. The zero-order valence-electron chi connectivity index (χ0n) is 12.4. The maximum atomic E-state index is 12.3. The van der Waals surface area contributed by atoms with Crippen molar-refractivity contribution in [3.63, 3.8) is 0 Å². The molecule has 0 aromatic heterocycles. The molecule has 0 spiro atoms. The van der Waals surface area contributed by atoms with Gasteiger partial charge in [-0.25, -0.2) is 8.42 Å². The van der Waals surface area contributed by atoms with E-state index in [2.05, 4.69) is 26.1 Å². The van der Waals surface area contributed by atoms with Gasteiger partial charge in [0.15, 0.2) is 9.84 Å². The van der Waals surface area contributed by atoms with Gasteiger partial charge in [-0.05, 0) is 63.2 Å². The van der Waals surface area contributed by atoms with Gasteiger partial charge in [0, 0.05) is 17.6 Å². The second kappa shape index (κ2) is 7.72. The number of hydrogen-bond acceptors (Lipinski definition) is 4. The number of sulfone groups is 1. The molecule has 0 amide bonds. The fourth-order valence-electron chi connectivity index (χ4n) is 2.82. The molecule has 1 heterocycles. The van der Waals surface area contributed by atoms with Gasteiger partial charge in [0.25, 0.3) is 0 Å². The Balaban J connectivity index is 1.91. The maximum Gasteiger partial charge on any atom is 0.179 e. The third-order valence-corrected chi connectivity index (χ3v) is 6.18. The molecule has 1 fully saturated rings. The second-order valence-electron chi connectivity index (χ2n) is 5.64. The van der Waals surface area contributed by atoms with E-state index in [-0.39, 0.29) is 5.75 Å². The topological polar surface area (TPSA) is 49.4 Å². The Kier molecular flexibility index (Phi) is 6.22. The van der Waals surface area contributed by atoms with Crippen molar-refractivity contribution in [1.82, 2.24) is 10.2 Å². The summed E-state index contributed by atoms with van der Waals surface area (Å²) in [4.78, 5) is 2.69. The van der Waals surface area contributed by atoms with E-state index in [1.807, 2.05) is 7.05 Å². The van der Waals surface area contributed by atoms with Crippen LogP contribution in [0.1, 0.15) is 12.8 Å². The van der Waals surface area contributed by atoms with E-state index in [4.69, 9.17) is 0 Å². The van der Waals surface area contributed by atoms with E-state index in [0.717, 1.165) is 30.5 Å². The molecule has 1 aliphatic heterocycles. The first-order valence-corrected chi connectivity index (χ1v) is 9.81. The summed E-state index contributed by atoms with van der Waals surface area (Å²) in [6.07, 6.45) is 2.39. The van der Waals surface area contributed by atoms with Crippen LogP contribution in [0.25, 0.3) is 0 Å². The molecule has 0 bridgehead atoms. The van der Waals surface area contributed by atoms with Gasteiger partial charge in [-0.15, -0.1) is 0 Å². The number of halogens is 1. The zero-order valence-corrected chi connectivity index (χ0v) is 14.8. The largest absolute Gasteiger partial charge is 0.319 e. The smallest absolute Gasteiger partial charge is 0.179 e. The van der Waals surface area contributed by atoms with Gasteiger partial charge in [-0.3, -0.25) is 0 Å². The Morgan fingerprint density at radius 2 is 2.05 bits per heavy atom. The molecular formula is C15H23BrN2O2S. The fraction of sp³-hybridized carbons (Fsp3) is 0.600. The highest BCUT2D eigenvalue weighted by atomic mass is 79.9. The molecule has 1 aliphatic rings. The van der Waals surface area contributed by atoms with Gasteiger partial charge in [0.1, 0.15) is 0 Å². The lowest BCUT2D eigenvalue weighted by Crippen LogP contribution is -2.41. The van der Waals surface area contributed by atoms with Crippen LogP contribution in [0.2, 0.25) is 0 Å². The summed E-state index contributed by atoms with van der Waals surface area (Å²) >= 11 is 3.33. The van der Waals surface area contributed by atoms with Crippen LogP contribution >= 0.6 is 15.9 Å². The zero-order chi connectivity index (χ0) is 15.3. The summed E-state index contributed by atoms with van der Waals surface area (Å²) in [5.41, 5.74) is 0. The molecule has 4 nitrogen and oxygen atoms in total. The van der Waals surface area contributed by atoms with Crippen LogP contribution in [-0.4, -0.2) is 52.3 Å². The van der Waals surface area contributed by atoms with Crippen LogP contribution in [0.15, 0.2) is 33.6 Å². The van der Waals surface area contributed by atoms with Crippen molar-refractivity contribution < 1.29 is 8.42 Å². The standard InChI is InChI=1S/C15H23BrN2O2S/c1-17-11-13-3-2-8-18(12-13)9-10-21(19,20)15-6-4-14(16)5-7-15/h4-7,13,17H,2-3,8-12H2,1H3. The second-order valence-corrected chi connectivity index (χ2v) is 8.66. The molecule has 0 radical (unpaired) electrons. The SMILES string of the molecule is CNCC1CCCN(CCS(=O)(=O)c2ccc(Br)cc2)C1. The monoisotopic (exact) mass is 374 g/mol. The number of piperidine rings is 1. The number of hydrogen-bond donors (Lipinski definition) is 1. The van der Waals surface area contributed by atoms with Crippen molar-refractivity contribution in [3.8, 4) is 0 Å². The average Bonchev–Trinajstić information content (AvgIpc) is 2.47. The van der Waals surface area contributed by atoms with Gasteiger partial charge in [-0.1, -0.05) is 15.9 Å². The molecule has 1 atom stereocenters. The van der Waals surface area contributed by atoms with Crippen molar-refractivity contribution in [2.24, 2.45) is 5.92 Å². The van der Waals surface area contributed by atoms with Crippen molar-refractivity contribution >= 4 is 25.8 Å². The highest BCUT2D eigenvalue weighted by Gasteiger charge is 2.22. The molecule has 1 aromatic rings. The maximum absolute atomic E-state index is 12.3. The van der Waals surface area contributed by atoms with Gasteiger partial charge in [0.2, 0.25) is 0 Å². The average molecular weight is 375 g/mol. The Morgan fingerprint density at radius 1 is 1.33 bits per heavy atom. The first-order chi connectivity index (χ1) is 10.0. The molecule has 21 heavy (non-hydrogen) atoms. The Bertz CT molecular complexity index is 543. The summed E-state index contributed by atoms with van der Waals surface area (Å²) in [7, 11) is -1.22. The molecule has 0 saturated carbocycles. The van der Waals surface area contributed by atoms with Crippen molar-refractivity contribution in [2.75, 3.05) is 39.0 Å². The first kappa shape index (κ1) is 16.9. The molecule has 1 unspecified atom stereocenters. The van der Waals surface area contributed by atoms with Gasteiger partial charge >= 0.3 is 0 Å². The lowest BCUT2D eigenvalue weighted by molar-refractivity contribution is 0.182. The van der Waals surface area contributed by atoms with E-state index in [1.165, 1.54) is 6.42 Å². The number of benzene rings is 1. The summed E-state index contributed by atoms with van der Waals surface area (Å²) < 4.78 is 25.6. The number of nitrogens with zero attached hydrogens (tertiary/aromatic N) is 1. The highest BCUT2D eigenvalue weighted by molar-refractivity contribution is 9.10. The third kappa shape index (κ3) is 5.06. The van der Waals surface area contributed by atoms with Crippen LogP contribution < -0.4 is 5.32 Å². The summed E-state index contributed by atoms with van der Waals surface area (Å²) in [5, 5.41) is 3.21. The Labute approximate surface area is 136 Å². The van der Waals surface area contributed by atoms with E-state index < -0.39 is 9.84 Å². The molecule has 2 rings (SSSR count). The third-order valence-electron chi connectivity index (χ3n) is 3.94. The van der Waals surface area contributed by atoms with E-state index in [0.29, 0.717) is 17.4 Å². The van der Waals surface area contributed by atoms with E-state index in [9.17, 15) is 8.42 Å². The molecule has 0 aliphatic carbocycles. The quantitative estimate of drug-likeness (QED) is 0.828. The molecular weight excluding hydrogens is 352 g/mol. The summed E-state index contributed by atoms with van der Waals surface area (Å²) in [5.74, 6) is 0.833. The van der Waals surface area contributed by atoms with Crippen molar-refractivity contribution in [2.45, 2.75) is 17.7 Å². The van der Waals surface area contributed by atoms with E-state index in [1.54, 1.807) is 24.3 Å². The number of nitrogens with one attached hydrogen (secondary N) is 1. The van der Waals surface area contributed by atoms with Gasteiger partial charge < -0.3 is 10.2 Å². The minimum Gasteiger partial charge on any atom is -0.319 e.